The second-order valence-corrected chi connectivity index (χ2v) is 7.74. The Balaban J connectivity index is 1.35. The lowest BCUT2D eigenvalue weighted by Crippen LogP contribution is -2.54. The third-order valence-corrected chi connectivity index (χ3v) is 5.70. The van der Waals surface area contributed by atoms with Gasteiger partial charge in [0.25, 0.3) is 5.89 Å². The van der Waals surface area contributed by atoms with Gasteiger partial charge in [0.15, 0.2) is 5.76 Å². The first-order valence-electron chi connectivity index (χ1n) is 10.5. The molecule has 4 rings (SSSR count). The molecule has 2 aromatic heterocycles. The lowest BCUT2D eigenvalue weighted by molar-refractivity contribution is -0.126. The minimum atomic E-state index is -0.330. The summed E-state index contributed by atoms with van der Waals surface area (Å²) in [6, 6.07) is 11.1. The molecule has 0 spiro atoms. The molecule has 0 radical (unpaired) electrons. The van der Waals surface area contributed by atoms with E-state index in [1.165, 1.54) is 18.4 Å². The smallest absolute Gasteiger partial charge is 0.266 e. The maximum atomic E-state index is 13.1. The van der Waals surface area contributed by atoms with Crippen LogP contribution in [0.5, 0.6) is 0 Å². The number of aromatic nitrogens is 1. The summed E-state index contributed by atoms with van der Waals surface area (Å²) in [7, 11) is 0. The SMILES string of the molecule is CC(NC(=O)C(C)N1CCN(c2oc(-c3ccco3)nc2C#N)CC1)c1ccc(F)cc1. The lowest BCUT2D eigenvalue weighted by Gasteiger charge is -2.37. The van der Waals surface area contributed by atoms with Crippen LogP contribution in [0.1, 0.15) is 31.1 Å². The molecular weight excluding hydrogens is 413 g/mol. The molecule has 1 aliphatic rings. The fraction of sp³-hybridized carbons (Fsp3) is 0.348. The topological polar surface area (TPSA) is 98.5 Å². The van der Waals surface area contributed by atoms with Crippen molar-refractivity contribution in [3.05, 3.63) is 59.7 Å². The third kappa shape index (κ3) is 4.50. The van der Waals surface area contributed by atoms with Crippen LogP contribution in [-0.4, -0.2) is 48.0 Å². The molecule has 1 aliphatic heterocycles. The van der Waals surface area contributed by atoms with Gasteiger partial charge in [-0.1, -0.05) is 12.1 Å². The Morgan fingerprint density at radius 2 is 1.91 bits per heavy atom. The first-order chi connectivity index (χ1) is 15.5. The van der Waals surface area contributed by atoms with E-state index in [1.54, 1.807) is 24.3 Å². The van der Waals surface area contributed by atoms with Crippen molar-refractivity contribution in [2.45, 2.75) is 25.9 Å². The van der Waals surface area contributed by atoms with Gasteiger partial charge in [0.2, 0.25) is 17.5 Å². The molecule has 2 unspecified atom stereocenters. The molecular formula is C23H24FN5O3. The summed E-state index contributed by atoms with van der Waals surface area (Å²) in [4.78, 5) is 21.0. The van der Waals surface area contributed by atoms with Crippen LogP contribution in [0.15, 0.2) is 51.5 Å². The van der Waals surface area contributed by atoms with Gasteiger partial charge in [-0.05, 0) is 43.7 Å². The standard InChI is InChI=1S/C23H24FN5O3/c1-15(17-5-7-18(24)8-6-17)26-21(30)16(2)28-9-11-29(12-10-28)23-19(14-25)27-22(32-23)20-4-3-13-31-20/h3-8,13,15-16H,9-12H2,1-2H3,(H,26,30). The van der Waals surface area contributed by atoms with Crippen molar-refractivity contribution in [1.82, 2.24) is 15.2 Å². The molecule has 1 amide bonds. The number of nitrogens with one attached hydrogen (secondary N) is 1. The second-order valence-electron chi connectivity index (χ2n) is 7.74. The molecule has 0 bridgehead atoms. The van der Waals surface area contributed by atoms with Crippen molar-refractivity contribution in [2.24, 2.45) is 0 Å². The number of nitriles is 1. The number of rotatable bonds is 6. The van der Waals surface area contributed by atoms with Crippen LogP contribution in [0.2, 0.25) is 0 Å². The Bertz CT molecular complexity index is 1100. The minimum absolute atomic E-state index is 0.0900. The summed E-state index contributed by atoms with van der Waals surface area (Å²) in [5.41, 5.74) is 1.06. The van der Waals surface area contributed by atoms with Crippen molar-refractivity contribution in [3.63, 3.8) is 0 Å². The Labute approximate surface area is 185 Å². The van der Waals surface area contributed by atoms with Crippen molar-refractivity contribution >= 4 is 11.8 Å². The van der Waals surface area contributed by atoms with Crippen LogP contribution in [0.25, 0.3) is 11.7 Å². The van der Waals surface area contributed by atoms with Gasteiger partial charge in [-0.25, -0.2) is 4.39 Å². The second kappa shape index (κ2) is 9.24. The minimum Gasteiger partial charge on any atom is -0.459 e. The highest BCUT2D eigenvalue weighted by molar-refractivity contribution is 5.81. The van der Waals surface area contributed by atoms with Gasteiger partial charge < -0.3 is 19.1 Å². The Hall–Kier alpha value is -3.64. The summed E-state index contributed by atoms with van der Waals surface area (Å²) in [6.45, 7) is 6.17. The largest absolute Gasteiger partial charge is 0.459 e. The molecule has 8 nitrogen and oxygen atoms in total. The van der Waals surface area contributed by atoms with Gasteiger partial charge in [0, 0.05) is 26.2 Å². The molecule has 1 N–H and O–H groups in total. The highest BCUT2D eigenvalue weighted by Crippen LogP contribution is 2.29. The number of oxazole rings is 1. The van der Waals surface area contributed by atoms with Gasteiger partial charge in [0.05, 0.1) is 18.3 Å². The van der Waals surface area contributed by atoms with Crippen molar-refractivity contribution < 1.29 is 18.0 Å². The monoisotopic (exact) mass is 437 g/mol. The number of carbonyl (C=O) groups excluding carboxylic acids is 1. The number of amides is 1. The first-order valence-corrected chi connectivity index (χ1v) is 10.5. The lowest BCUT2D eigenvalue weighted by atomic mass is 10.1. The van der Waals surface area contributed by atoms with Gasteiger partial charge in [0.1, 0.15) is 11.9 Å². The quantitative estimate of drug-likeness (QED) is 0.632. The summed E-state index contributed by atoms with van der Waals surface area (Å²) in [5, 5.41) is 12.4. The number of nitrogens with zero attached hydrogens (tertiary/aromatic N) is 4. The van der Waals surface area contributed by atoms with E-state index in [1.807, 2.05) is 18.7 Å². The zero-order valence-electron chi connectivity index (χ0n) is 17.9. The van der Waals surface area contributed by atoms with Crippen LogP contribution >= 0.6 is 0 Å². The number of hydrogen-bond donors (Lipinski definition) is 1. The predicted molar refractivity (Wildman–Crippen MR) is 115 cm³/mol. The Kier molecular flexibility index (Phi) is 6.23. The number of benzene rings is 1. The van der Waals surface area contributed by atoms with Crippen LogP contribution in [0.4, 0.5) is 10.3 Å². The molecule has 1 aromatic carbocycles. The maximum absolute atomic E-state index is 13.1. The third-order valence-electron chi connectivity index (χ3n) is 5.70. The summed E-state index contributed by atoms with van der Waals surface area (Å²) >= 11 is 0. The summed E-state index contributed by atoms with van der Waals surface area (Å²) in [5.74, 6) is 0.757. The molecule has 2 atom stereocenters. The molecule has 1 fully saturated rings. The number of hydrogen-bond acceptors (Lipinski definition) is 7. The maximum Gasteiger partial charge on any atom is 0.266 e. The molecule has 0 aliphatic carbocycles. The van der Waals surface area contributed by atoms with Crippen LogP contribution in [0, 0.1) is 17.1 Å². The molecule has 3 aromatic rings. The molecule has 3 heterocycles. The van der Waals surface area contributed by atoms with E-state index in [2.05, 4.69) is 21.3 Å². The number of anilines is 1. The first kappa shape index (κ1) is 21.6. The van der Waals surface area contributed by atoms with Gasteiger partial charge >= 0.3 is 0 Å². The van der Waals surface area contributed by atoms with Crippen molar-refractivity contribution in [3.8, 4) is 17.7 Å². The van der Waals surface area contributed by atoms with Crippen LogP contribution in [0.3, 0.4) is 0 Å². The Morgan fingerprint density at radius 1 is 1.19 bits per heavy atom. The fourth-order valence-corrected chi connectivity index (χ4v) is 3.75. The van der Waals surface area contributed by atoms with Crippen molar-refractivity contribution in [2.75, 3.05) is 31.1 Å². The molecule has 32 heavy (non-hydrogen) atoms. The highest BCUT2D eigenvalue weighted by Gasteiger charge is 2.29. The van der Waals surface area contributed by atoms with E-state index in [0.29, 0.717) is 37.8 Å². The average molecular weight is 437 g/mol. The van der Waals surface area contributed by atoms with Crippen molar-refractivity contribution in [1.29, 1.82) is 5.26 Å². The van der Waals surface area contributed by atoms with E-state index in [-0.39, 0.29) is 35.4 Å². The zero-order valence-corrected chi connectivity index (χ0v) is 17.9. The summed E-state index contributed by atoms with van der Waals surface area (Å²) < 4.78 is 24.3. The van der Waals surface area contributed by atoms with E-state index in [9.17, 15) is 14.4 Å². The normalized spacial score (nSPS) is 16.4. The van der Waals surface area contributed by atoms with E-state index < -0.39 is 0 Å². The number of halogens is 1. The molecule has 166 valence electrons. The fourth-order valence-electron chi connectivity index (χ4n) is 3.75. The van der Waals surface area contributed by atoms with Crippen LogP contribution in [-0.2, 0) is 4.79 Å². The number of piperazine rings is 1. The average Bonchev–Trinajstić information content (AvgIpc) is 3.49. The Morgan fingerprint density at radius 3 is 2.53 bits per heavy atom. The zero-order chi connectivity index (χ0) is 22.7. The van der Waals surface area contributed by atoms with Crippen LogP contribution < -0.4 is 10.2 Å². The van der Waals surface area contributed by atoms with E-state index in [0.717, 1.165) is 5.56 Å². The molecule has 1 saturated heterocycles. The molecule has 0 saturated carbocycles. The predicted octanol–water partition coefficient (Wildman–Crippen LogP) is 3.33. The van der Waals surface area contributed by atoms with Gasteiger partial charge in [-0.15, -0.1) is 0 Å². The summed E-state index contributed by atoms with van der Waals surface area (Å²) in [6.07, 6.45) is 1.52. The van der Waals surface area contributed by atoms with E-state index >= 15 is 0 Å². The highest BCUT2D eigenvalue weighted by atomic mass is 19.1. The van der Waals surface area contributed by atoms with Gasteiger partial charge in [-0.3, -0.25) is 9.69 Å². The number of furan rings is 1. The number of carbonyl (C=O) groups is 1. The van der Waals surface area contributed by atoms with Gasteiger partial charge in [-0.2, -0.15) is 10.2 Å². The van der Waals surface area contributed by atoms with E-state index in [4.69, 9.17) is 8.83 Å². The molecule has 9 heteroatoms.